The number of thiophene rings is 2. The van der Waals surface area contributed by atoms with Crippen molar-refractivity contribution in [2.45, 2.75) is 65.5 Å². The van der Waals surface area contributed by atoms with E-state index in [4.69, 9.17) is 14.2 Å². The van der Waals surface area contributed by atoms with Crippen LogP contribution in [0, 0.1) is 17.3 Å². The van der Waals surface area contributed by atoms with Gasteiger partial charge in [-0.2, -0.15) is 0 Å². The van der Waals surface area contributed by atoms with E-state index in [1.165, 1.54) is 21.6 Å². The van der Waals surface area contributed by atoms with Gasteiger partial charge in [0.15, 0.2) is 0 Å². The number of carboxylic acid groups (broad SMARTS) is 1. The number of hydrogen-bond acceptors (Lipinski definition) is 15. The highest BCUT2D eigenvalue weighted by Gasteiger charge is 2.51. The van der Waals surface area contributed by atoms with Gasteiger partial charge < -0.3 is 34.9 Å². The average molecular weight is 898 g/mol. The Kier molecular flexibility index (Phi) is 10.5. The van der Waals surface area contributed by atoms with E-state index in [1.807, 2.05) is 43.3 Å². The summed E-state index contributed by atoms with van der Waals surface area (Å²) in [5.41, 5.74) is 8.96. The maximum Gasteiger partial charge on any atom is 0.306 e. The summed E-state index contributed by atoms with van der Waals surface area (Å²) in [5.74, 6) is 2.43. The molecule has 0 radical (unpaired) electrons. The van der Waals surface area contributed by atoms with E-state index in [2.05, 4.69) is 52.7 Å². The number of rotatable bonds is 10. The second kappa shape index (κ2) is 16.5. The number of benzene rings is 2. The van der Waals surface area contributed by atoms with E-state index in [0.29, 0.717) is 45.1 Å². The average Bonchev–Trinajstić information content (AvgIpc) is 4.08. The van der Waals surface area contributed by atoms with Crippen molar-refractivity contribution >= 4 is 90.4 Å². The standard InChI is InChI=1S/C26H27N5O3S.C21H20N4O3S/c1-2-34-20-6-17-9-27-8-16(17)5-19(20)30-23-22-18-4-3-15(7-21(18)35-24(22)29-14-28-23)25(32)31-10-26(11-31)12-33-13-26;1-2-28-16-6-13-9-22-8-12(13)5-15(16)25-19-18-14-4-3-11(21(26)27)7-17(14)29-20(18)24-10-23-19/h5-6,8,14-15H,2-4,7,9-13H2,1H3,(H,28,29,30);5-6,8,10-11H,2-4,7,9H2,1H3,(H,26,27)(H,23,24,25)/t15-;11-/m00/s1. The number of ether oxygens (including phenoxy) is 3. The summed E-state index contributed by atoms with van der Waals surface area (Å²) in [6.07, 6.45) is 11.4. The zero-order valence-corrected chi connectivity index (χ0v) is 37.2. The van der Waals surface area contributed by atoms with Gasteiger partial charge in [0.05, 0.1) is 73.0 Å². The van der Waals surface area contributed by atoms with Gasteiger partial charge in [0.1, 0.15) is 45.5 Å². The summed E-state index contributed by atoms with van der Waals surface area (Å²) in [4.78, 5) is 57.7. The molecule has 4 aromatic heterocycles. The molecule has 2 aromatic carbocycles. The lowest BCUT2D eigenvalue weighted by Crippen LogP contribution is -2.68. The molecule has 12 rings (SSSR count). The molecule has 1 amide bonds. The fourth-order valence-electron chi connectivity index (χ4n) is 9.86. The molecule has 0 bridgehead atoms. The summed E-state index contributed by atoms with van der Waals surface area (Å²) < 4.78 is 17.2. The third-order valence-corrected chi connectivity index (χ3v) is 15.5. The minimum atomic E-state index is -0.723. The zero-order valence-electron chi connectivity index (χ0n) is 35.6. The summed E-state index contributed by atoms with van der Waals surface area (Å²) >= 11 is 3.27. The number of hydrogen-bond donors (Lipinski definition) is 3. The van der Waals surface area contributed by atoms with Crippen LogP contribution in [0.5, 0.6) is 11.5 Å². The molecule has 0 saturated carbocycles. The van der Waals surface area contributed by atoms with Crippen LogP contribution in [0.3, 0.4) is 0 Å². The van der Waals surface area contributed by atoms with Gasteiger partial charge in [0.2, 0.25) is 5.91 Å². The molecule has 328 valence electrons. The van der Waals surface area contributed by atoms with Gasteiger partial charge in [0.25, 0.3) is 0 Å². The Morgan fingerprint density at radius 1 is 0.766 bits per heavy atom. The Hall–Kier alpha value is -6.04. The van der Waals surface area contributed by atoms with Crippen molar-refractivity contribution in [1.82, 2.24) is 24.8 Å². The first-order valence-corrected chi connectivity index (χ1v) is 23.6. The topological polar surface area (TPSA) is 186 Å². The normalized spacial score (nSPS) is 19.5. The van der Waals surface area contributed by atoms with E-state index in [0.717, 1.165) is 128 Å². The number of carbonyl (C=O) groups excluding carboxylic acids is 1. The monoisotopic (exact) mass is 897 g/mol. The van der Waals surface area contributed by atoms with Crippen LogP contribution in [-0.2, 0) is 53.1 Å². The number of aryl methyl sites for hydroxylation is 2. The fraction of sp³-hybridized carbons (Fsp3) is 0.404. The van der Waals surface area contributed by atoms with Crippen LogP contribution in [0.15, 0.2) is 46.9 Å². The number of fused-ring (bicyclic) bond motifs is 8. The molecule has 6 aromatic rings. The Morgan fingerprint density at radius 3 is 1.77 bits per heavy atom. The Bertz CT molecular complexity index is 2920. The summed E-state index contributed by atoms with van der Waals surface area (Å²) in [6.45, 7) is 9.79. The molecular weight excluding hydrogens is 851 g/mol. The van der Waals surface area contributed by atoms with Gasteiger partial charge >= 0.3 is 5.97 Å². The van der Waals surface area contributed by atoms with E-state index < -0.39 is 5.97 Å². The molecule has 2 aliphatic carbocycles. The number of carbonyl (C=O) groups is 2. The molecule has 17 heteroatoms. The van der Waals surface area contributed by atoms with Gasteiger partial charge in [-0.25, -0.2) is 19.9 Å². The van der Waals surface area contributed by atoms with Crippen LogP contribution in [-0.4, -0.2) is 93.8 Å². The SMILES string of the molecule is CCOc1cc2c(cc1Nc1ncnc3sc4c(c13)CC[C@H](C(=O)N1CC3(COC3)C1)C4)C=NC2.CCOc1cc2c(cc1Nc1ncnc3sc4c(c13)CC[C@H](C(=O)O)C4)C=NC2. The Balaban J connectivity index is 0.000000145. The van der Waals surface area contributed by atoms with Crippen molar-refractivity contribution in [3.05, 3.63) is 80.1 Å². The van der Waals surface area contributed by atoms with Gasteiger partial charge in [-0.3, -0.25) is 19.6 Å². The second-order valence-corrected chi connectivity index (χ2v) is 19.5. The molecule has 64 heavy (non-hydrogen) atoms. The van der Waals surface area contributed by atoms with Crippen molar-refractivity contribution in [1.29, 1.82) is 0 Å². The summed E-state index contributed by atoms with van der Waals surface area (Å²) in [5, 5.41) is 18.4. The first-order chi connectivity index (χ1) is 31.3. The lowest BCUT2D eigenvalue weighted by atomic mass is 9.76. The highest BCUT2D eigenvalue weighted by Crippen LogP contribution is 2.45. The molecular formula is C47H47N9O6S2. The summed E-state index contributed by atoms with van der Waals surface area (Å²) in [6, 6.07) is 8.24. The van der Waals surface area contributed by atoms with Crippen LogP contribution in [0.25, 0.3) is 20.4 Å². The third kappa shape index (κ3) is 7.32. The first kappa shape index (κ1) is 40.7. The molecule has 4 aliphatic heterocycles. The smallest absolute Gasteiger partial charge is 0.306 e. The number of amides is 1. The molecule has 0 unspecified atom stereocenters. The maximum absolute atomic E-state index is 13.2. The molecule has 1 spiro atoms. The molecule has 8 heterocycles. The maximum atomic E-state index is 13.2. The van der Waals surface area contributed by atoms with Crippen molar-refractivity contribution in [2.75, 3.05) is 50.2 Å². The van der Waals surface area contributed by atoms with Crippen molar-refractivity contribution in [2.24, 2.45) is 27.2 Å². The van der Waals surface area contributed by atoms with Crippen LogP contribution in [0.4, 0.5) is 23.0 Å². The third-order valence-electron chi connectivity index (χ3n) is 13.1. The number of nitrogens with zero attached hydrogens (tertiary/aromatic N) is 7. The van der Waals surface area contributed by atoms with Gasteiger partial charge in [0, 0.05) is 41.2 Å². The van der Waals surface area contributed by atoms with E-state index >= 15 is 0 Å². The molecule has 15 nitrogen and oxygen atoms in total. The quantitative estimate of drug-likeness (QED) is 0.122. The molecule has 2 fully saturated rings. The van der Waals surface area contributed by atoms with Crippen LogP contribution in [0.2, 0.25) is 0 Å². The number of anilines is 4. The van der Waals surface area contributed by atoms with Crippen molar-refractivity contribution < 1.29 is 28.9 Å². The number of nitrogens with one attached hydrogen (secondary N) is 2. The lowest BCUT2D eigenvalue weighted by Gasteiger charge is -2.55. The number of aliphatic imine (C=N–C) groups is 2. The predicted octanol–water partition coefficient (Wildman–Crippen LogP) is 7.69. The minimum absolute atomic E-state index is 0.0545. The molecule has 2 saturated heterocycles. The second-order valence-electron chi connectivity index (χ2n) is 17.4. The Labute approximate surface area is 377 Å². The van der Waals surface area contributed by atoms with Gasteiger partial charge in [-0.15, -0.1) is 22.7 Å². The number of aliphatic carboxylic acids is 1. The van der Waals surface area contributed by atoms with Gasteiger partial charge in [-0.1, -0.05) is 0 Å². The van der Waals surface area contributed by atoms with E-state index in [1.54, 1.807) is 35.3 Å². The Morgan fingerprint density at radius 2 is 1.28 bits per heavy atom. The fourth-order valence-corrected chi connectivity index (χ4v) is 12.4. The highest BCUT2D eigenvalue weighted by molar-refractivity contribution is 7.19. The predicted molar refractivity (Wildman–Crippen MR) is 248 cm³/mol. The summed E-state index contributed by atoms with van der Waals surface area (Å²) in [7, 11) is 0. The number of carboxylic acids is 1. The van der Waals surface area contributed by atoms with E-state index in [9.17, 15) is 14.7 Å². The zero-order chi connectivity index (χ0) is 43.5. The van der Waals surface area contributed by atoms with Crippen LogP contribution in [0.1, 0.15) is 69.8 Å². The van der Waals surface area contributed by atoms with Crippen molar-refractivity contribution in [3.63, 3.8) is 0 Å². The first-order valence-electron chi connectivity index (χ1n) is 22.0. The van der Waals surface area contributed by atoms with Crippen LogP contribution < -0.4 is 20.1 Å². The van der Waals surface area contributed by atoms with E-state index in [-0.39, 0.29) is 17.3 Å². The molecule has 2 atom stereocenters. The molecule has 6 aliphatic rings. The lowest BCUT2D eigenvalue weighted by molar-refractivity contribution is -0.197. The van der Waals surface area contributed by atoms with Gasteiger partial charge in [-0.05, 0) is 110 Å². The largest absolute Gasteiger partial charge is 0.492 e. The van der Waals surface area contributed by atoms with Crippen LogP contribution >= 0.6 is 22.7 Å². The minimum Gasteiger partial charge on any atom is -0.492 e. The van der Waals surface area contributed by atoms with Crippen molar-refractivity contribution in [3.8, 4) is 11.5 Å². The number of aromatic nitrogens is 4. The number of likely N-dealkylation sites (tertiary alicyclic amines) is 1. The molecule has 3 N–H and O–H groups in total. The highest BCUT2D eigenvalue weighted by atomic mass is 32.1.